The number of aromatic nitrogens is 1. The van der Waals surface area contributed by atoms with Crippen molar-refractivity contribution in [2.45, 2.75) is 52.9 Å². The molecule has 0 aliphatic rings. The molecule has 0 fully saturated rings. The van der Waals surface area contributed by atoms with Crippen molar-refractivity contribution in [3.8, 4) is 5.75 Å². The van der Waals surface area contributed by atoms with E-state index < -0.39 is 5.97 Å². The third-order valence-electron chi connectivity index (χ3n) is 4.65. The molecule has 0 saturated carbocycles. The van der Waals surface area contributed by atoms with Crippen LogP contribution in [0.2, 0.25) is 0 Å². The average Bonchev–Trinajstić information content (AvgIpc) is 2.66. The molecule has 1 aromatic heterocycles. The lowest BCUT2D eigenvalue weighted by Gasteiger charge is -2.33. The van der Waals surface area contributed by atoms with Crippen LogP contribution in [0.5, 0.6) is 5.75 Å². The number of methoxy groups -OCH3 is 1. The first kappa shape index (κ1) is 23.4. The summed E-state index contributed by atoms with van der Waals surface area (Å²) in [5.74, 6) is 0.301. The van der Waals surface area contributed by atoms with Crippen molar-refractivity contribution in [2.75, 3.05) is 19.0 Å². The van der Waals surface area contributed by atoms with Crippen LogP contribution in [0.1, 0.15) is 63.4 Å². The zero-order chi connectivity index (χ0) is 22.4. The van der Waals surface area contributed by atoms with Crippen LogP contribution >= 0.6 is 0 Å². The quantitative estimate of drug-likeness (QED) is 0.618. The Hall–Kier alpha value is -2.89. The maximum Gasteiger partial charge on any atom is 0.338 e. The fourth-order valence-corrected chi connectivity index (χ4v) is 3.64. The van der Waals surface area contributed by atoms with Crippen LogP contribution in [-0.4, -0.2) is 30.6 Å². The van der Waals surface area contributed by atoms with Crippen molar-refractivity contribution >= 4 is 17.7 Å². The van der Waals surface area contributed by atoms with Gasteiger partial charge in [0, 0.05) is 6.20 Å². The van der Waals surface area contributed by atoms with Gasteiger partial charge < -0.3 is 14.8 Å². The molecule has 0 bridgehead atoms. The van der Waals surface area contributed by atoms with Gasteiger partial charge in [-0.15, -0.1) is 0 Å². The molecule has 0 spiro atoms. The molecule has 6 nitrogen and oxygen atoms in total. The van der Waals surface area contributed by atoms with Crippen molar-refractivity contribution < 1.29 is 19.1 Å². The van der Waals surface area contributed by atoms with Gasteiger partial charge in [-0.3, -0.25) is 4.79 Å². The smallest absolute Gasteiger partial charge is 0.338 e. The summed E-state index contributed by atoms with van der Waals surface area (Å²) in [6.07, 6.45) is 2.69. The van der Waals surface area contributed by atoms with E-state index in [1.807, 2.05) is 12.1 Å². The number of carbonyl (C=O) groups is 2. The van der Waals surface area contributed by atoms with E-state index in [9.17, 15) is 9.59 Å². The molecule has 0 atom stereocenters. The number of hydrogen-bond donors (Lipinski definition) is 1. The molecule has 1 heterocycles. The van der Waals surface area contributed by atoms with Gasteiger partial charge in [0.2, 0.25) is 5.91 Å². The molecule has 0 saturated heterocycles. The van der Waals surface area contributed by atoms with E-state index in [0.29, 0.717) is 11.4 Å². The van der Waals surface area contributed by atoms with Crippen LogP contribution in [0.4, 0.5) is 5.82 Å². The Balaban J connectivity index is 1.85. The molecule has 1 aromatic carbocycles. The SMILES string of the molecule is COC(=O)c1ccnc(NC(=O)CCOc2ccc(C(C)(C)CC(C)(C)C)cc2)c1. The minimum Gasteiger partial charge on any atom is -0.493 e. The van der Waals surface area contributed by atoms with Gasteiger partial charge in [-0.05, 0) is 47.1 Å². The van der Waals surface area contributed by atoms with Gasteiger partial charge >= 0.3 is 5.97 Å². The summed E-state index contributed by atoms with van der Waals surface area (Å²) in [6.45, 7) is 11.5. The molecule has 0 radical (unpaired) electrons. The number of anilines is 1. The van der Waals surface area contributed by atoms with E-state index in [4.69, 9.17) is 4.74 Å². The first-order chi connectivity index (χ1) is 14.0. The van der Waals surface area contributed by atoms with Gasteiger partial charge in [-0.2, -0.15) is 0 Å². The van der Waals surface area contributed by atoms with E-state index in [-0.39, 0.29) is 29.8 Å². The summed E-state index contributed by atoms with van der Waals surface area (Å²) < 4.78 is 10.4. The molecule has 1 N–H and O–H groups in total. The molecule has 0 aliphatic heterocycles. The number of amides is 1. The van der Waals surface area contributed by atoms with E-state index in [0.717, 1.165) is 12.2 Å². The summed E-state index contributed by atoms with van der Waals surface area (Å²) >= 11 is 0. The van der Waals surface area contributed by atoms with Gasteiger partial charge in [-0.25, -0.2) is 9.78 Å². The third kappa shape index (κ3) is 7.17. The second-order valence-electron chi connectivity index (χ2n) is 9.21. The fraction of sp³-hybridized carbons (Fsp3) is 0.458. The van der Waals surface area contributed by atoms with E-state index >= 15 is 0 Å². The maximum absolute atomic E-state index is 12.1. The molecular formula is C24H32N2O4. The normalized spacial score (nSPS) is 11.7. The van der Waals surface area contributed by atoms with Crippen LogP contribution in [-0.2, 0) is 14.9 Å². The van der Waals surface area contributed by atoms with Gasteiger partial charge in [0.1, 0.15) is 11.6 Å². The molecule has 30 heavy (non-hydrogen) atoms. The summed E-state index contributed by atoms with van der Waals surface area (Å²) in [6, 6.07) is 11.1. The van der Waals surface area contributed by atoms with Gasteiger partial charge in [0.05, 0.1) is 25.7 Å². The number of benzene rings is 1. The molecule has 1 amide bonds. The second kappa shape index (κ2) is 9.74. The number of nitrogens with one attached hydrogen (secondary N) is 1. The lowest BCUT2D eigenvalue weighted by atomic mass is 9.72. The van der Waals surface area contributed by atoms with Gasteiger partial charge in [-0.1, -0.05) is 46.8 Å². The summed E-state index contributed by atoms with van der Waals surface area (Å²) in [4.78, 5) is 27.7. The van der Waals surface area contributed by atoms with E-state index in [2.05, 4.69) is 61.8 Å². The number of rotatable bonds is 8. The molecular weight excluding hydrogens is 380 g/mol. The Kier molecular flexibility index (Phi) is 7.59. The first-order valence-corrected chi connectivity index (χ1v) is 10.1. The Morgan fingerprint density at radius 3 is 2.30 bits per heavy atom. The van der Waals surface area contributed by atoms with Crippen molar-refractivity contribution in [3.63, 3.8) is 0 Å². The van der Waals surface area contributed by atoms with Gasteiger partial charge in [0.15, 0.2) is 0 Å². The maximum atomic E-state index is 12.1. The van der Waals surface area contributed by atoms with Gasteiger partial charge in [0.25, 0.3) is 0 Å². The topological polar surface area (TPSA) is 77.5 Å². The van der Waals surface area contributed by atoms with Crippen LogP contribution in [0.15, 0.2) is 42.6 Å². The zero-order valence-electron chi connectivity index (χ0n) is 18.7. The molecule has 2 rings (SSSR count). The average molecular weight is 413 g/mol. The fourth-order valence-electron chi connectivity index (χ4n) is 3.64. The summed E-state index contributed by atoms with van der Waals surface area (Å²) in [5, 5.41) is 2.66. The Bertz CT molecular complexity index is 868. The highest BCUT2D eigenvalue weighted by Crippen LogP contribution is 2.36. The van der Waals surface area contributed by atoms with Crippen molar-refractivity contribution in [1.82, 2.24) is 4.98 Å². The lowest BCUT2D eigenvalue weighted by molar-refractivity contribution is -0.116. The van der Waals surface area contributed by atoms with Crippen LogP contribution in [0.25, 0.3) is 0 Å². The molecule has 162 valence electrons. The molecule has 6 heteroatoms. The third-order valence-corrected chi connectivity index (χ3v) is 4.65. The number of hydrogen-bond acceptors (Lipinski definition) is 5. The van der Waals surface area contributed by atoms with Crippen LogP contribution < -0.4 is 10.1 Å². The van der Waals surface area contributed by atoms with E-state index in [1.54, 1.807) is 0 Å². The number of esters is 1. The van der Waals surface area contributed by atoms with Crippen LogP contribution in [0.3, 0.4) is 0 Å². The lowest BCUT2D eigenvalue weighted by Crippen LogP contribution is -2.24. The summed E-state index contributed by atoms with van der Waals surface area (Å²) in [7, 11) is 1.30. The standard InChI is InChI=1S/C24H32N2O4/c1-23(2,3)16-24(4,5)18-7-9-19(10-8-18)30-14-12-21(27)26-20-15-17(11-13-25-20)22(28)29-6/h7-11,13,15H,12,14,16H2,1-6H3,(H,25,26,27). The number of pyridine rings is 1. The second-order valence-corrected chi connectivity index (χ2v) is 9.21. The Morgan fingerprint density at radius 2 is 1.70 bits per heavy atom. The molecule has 2 aromatic rings. The number of nitrogens with zero attached hydrogens (tertiary/aromatic N) is 1. The number of carbonyl (C=O) groups excluding carboxylic acids is 2. The minimum absolute atomic E-state index is 0.0718. The molecule has 0 aliphatic carbocycles. The van der Waals surface area contributed by atoms with Crippen molar-refractivity contribution in [2.24, 2.45) is 5.41 Å². The van der Waals surface area contributed by atoms with E-state index in [1.165, 1.54) is 31.0 Å². The molecule has 0 unspecified atom stereocenters. The first-order valence-electron chi connectivity index (χ1n) is 10.1. The van der Waals surface area contributed by atoms with Crippen molar-refractivity contribution in [3.05, 3.63) is 53.7 Å². The highest BCUT2D eigenvalue weighted by molar-refractivity contribution is 5.93. The van der Waals surface area contributed by atoms with Crippen LogP contribution in [0, 0.1) is 5.41 Å². The zero-order valence-corrected chi connectivity index (χ0v) is 18.7. The highest BCUT2D eigenvalue weighted by Gasteiger charge is 2.27. The Morgan fingerprint density at radius 1 is 1.03 bits per heavy atom. The van der Waals surface area contributed by atoms with Crippen molar-refractivity contribution in [1.29, 1.82) is 0 Å². The predicted molar refractivity (Wildman–Crippen MR) is 118 cm³/mol. The monoisotopic (exact) mass is 412 g/mol. The minimum atomic E-state index is -0.481. The Labute approximate surface area is 179 Å². The predicted octanol–water partition coefficient (Wildman–Crippen LogP) is 4.99. The largest absolute Gasteiger partial charge is 0.493 e. The summed E-state index contributed by atoms with van der Waals surface area (Å²) in [5.41, 5.74) is 1.91. The highest BCUT2D eigenvalue weighted by atomic mass is 16.5. The number of ether oxygens (including phenoxy) is 2.